The van der Waals surface area contributed by atoms with Crippen molar-refractivity contribution in [2.45, 2.75) is 36.3 Å². The molecule has 3 unspecified atom stereocenters. The van der Waals surface area contributed by atoms with Crippen molar-refractivity contribution in [3.05, 3.63) is 41.9 Å². The van der Waals surface area contributed by atoms with E-state index >= 15 is 0 Å². The highest BCUT2D eigenvalue weighted by Crippen LogP contribution is 2.68. The van der Waals surface area contributed by atoms with Gasteiger partial charge < -0.3 is 19.6 Å². The van der Waals surface area contributed by atoms with E-state index in [0.29, 0.717) is 10.7 Å². The number of thioether (sulfide) groups is 1. The first-order valence-electron chi connectivity index (χ1n) is 11.3. The van der Waals surface area contributed by atoms with E-state index in [2.05, 4.69) is 6.58 Å². The number of nitrogens with zero attached hydrogens (tertiary/aromatic N) is 2. The Morgan fingerprint density at radius 1 is 1.42 bits per heavy atom. The molecule has 0 radical (unpaired) electrons. The minimum absolute atomic E-state index is 0.0193. The van der Waals surface area contributed by atoms with Crippen molar-refractivity contribution >= 4 is 46.8 Å². The lowest BCUT2D eigenvalue weighted by molar-refractivity contribution is -0.154. The summed E-state index contributed by atoms with van der Waals surface area (Å²) in [5.41, 5.74) is 0.535. The van der Waals surface area contributed by atoms with Gasteiger partial charge in [0.15, 0.2) is 0 Å². The van der Waals surface area contributed by atoms with E-state index in [0.717, 1.165) is 6.42 Å². The number of likely N-dealkylation sites (tertiary alicyclic amines) is 1. The first-order valence-corrected chi connectivity index (χ1v) is 12.5. The molecule has 3 heterocycles. The van der Waals surface area contributed by atoms with Gasteiger partial charge in [0.05, 0.1) is 40.5 Å². The summed E-state index contributed by atoms with van der Waals surface area (Å²) in [6.07, 6.45) is 2.34. The normalized spacial score (nSPS) is 32.1. The fourth-order valence-corrected chi connectivity index (χ4v) is 8.55. The number of esters is 1. The van der Waals surface area contributed by atoms with Gasteiger partial charge in [-0.25, -0.2) is 0 Å². The number of para-hydroxylation sites is 1. The molecule has 0 aromatic heterocycles. The van der Waals surface area contributed by atoms with Crippen LogP contribution in [0.4, 0.5) is 5.69 Å². The Bertz CT molecular complexity index is 974. The second-order valence-electron chi connectivity index (χ2n) is 8.75. The number of aliphatic hydroxyl groups is 1. The molecule has 1 spiro atoms. The van der Waals surface area contributed by atoms with Crippen molar-refractivity contribution in [3.63, 3.8) is 0 Å². The van der Waals surface area contributed by atoms with Crippen LogP contribution in [0.2, 0.25) is 5.02 Å². The maximum Gasteiger partial charge on any atom is 0.310 e. The molecule has 0 aliphatic carbocycles. The Hall–Kier alpha value is -2.03. The van der Waals surface area contributed by atoms with Gasteiger partial charge in [-0.05, 0) is 31.4 Å². The number of hydrogen-bond donors (Lipinski definition) is 1. The molecule has 2 amide bonds. The van der Waals surface area contributed by atoms with Crippen molar-refractivity contribution in [3.8, 4) is 0 Å². The highest BCUT2D eigenvalue weighted by atomic mass is 35.5. The summed E-state index contributed by atoms with van der Waals surface area (Å²) in [6.45, 7) is 7.77. The van der Waals surface area contributed by atoms with Crippen molar-refractivity contribution in [1.82, 2.24) is 4.90 Å². The lowest BCUT2D eigenvalue weighted by atomic mass is 9.66. The number of carbonyl (C=O) groups excluding carboxylic acids is 3. The molecule has 2 bridgehead atoms. The van der Waals surface area contributed by atoms with Gasteiger partial charge in [-0.15, -0.1) is 18.3 Å². The molecule has 9 heteroatoms. The van der Waals surface area contributed by atoms with Crippen LogP contribution in [0.5, 0.6) is 0 Å². The largest absolute Gasteiger partial charge is 0.466 e. The van der Waals surface area contributed by atoms with Gasteiger partial charge >= 0.3 is 5.97 Å². The summed E-state index contributed by atoms with van der Waals surface area (Å²) in [5.74, 6) is -2.15. The molecule has 33 heavy (non-hydrogen) atoms. The predicted octanol–water partition coefficient (Wildman–Crippen LogP) is 2.75. The zero-order valence-corrected chi connectivity index (χ0v) is 20.3. The first-order chi connectivity index (χ1) is 15.8. The molecular weight excluding hydrogens is 464 g/mol. The molecular formula is C24H29ClN2O5S. The van der Waals surface area contributed by atoms with Crippen LogP contribution in [0.25, 0.3) is 0 Å². The molecule has 4 rings (SSSR count). The third-order valence-corrected chi connectivity index (χ3v) is 9.50. The van der Waals surface area contributed by atoms with Gasteiger partial charge in [0, 0.05) is 18.3 Å². The Balaban J connectivity index is 1.81. The molecule has 1 N–H and O–H groups in total. The molecule has 178 valence electrons. The average molecular weight is 493 g/mol. The number of ether oxygens (including phenoxy) is 1. The number of aliphatic hydroxyl groups excluding tert-OH is 1. The van der Waals surface area contributed by atoms with E-state index in [-0.39, 0.29) is 55.3 Å². The Labute approximate surface area is 203 Å². The number of hydrogen-bond acceptors (Lipinski definition) is 6. The molecule has 3 saturated heterocycles. The number of halogens is 1. The van der Waals surface area contributed by atoms with E-state index in [9.17, 15) is 19.5 Å². The van der Waals surface area contributed by atoms with Crippen LogP contribution in [-0.2, 0) is 19.1 Å². The van der Waals surface area contributed by atoms with E-state index in [4.69, 9.17) is 16.3 Å². The highest BCUT2D eigenvalue weighted by molar-refractivity contribution is 8.02. The van der Waals surface area contributed by atoms with Crippen LogP contribution >= 0.6 is 23.4 Å². The van der Waals surface area contributed by atoms with Crippen molar-refractivity contribution in [2.75, 3.05) is 31.2 Å². The smallest absolute Gasteiger partial charge is 0.310 e. The number of amides is 2. The third kappa shape index (κ3) is 3.58. The second kappa shape index (κ2) is 9.31. The third-order valence-electron chi connectivity index (χ3n) is 7.10. The first kappa shape index (κ1) is 24.1. The van der Waals surface area contributed by atoms with E-state index in [1.165, 1.54) is 4.90 Å². The van der Waals surface area contributed by atoms with Gasteiger partial charge in [-0.3, -0.25) is 14.4 Å². The highest BCUT2D eigenvalue weighted by Gasteiger charge is 2.76. The van der Waals surface area contributed by atoms with Crippen molar-refractivity contribution in [2.24, 2.45) is 17.8 Å². The number of carbonyl (C=O) groups is 3. The zero-order valence-electron chi connectivity index (χ0n) is 18.8. The minimum atomic E-state index is -0.831. The van der Waals surface area contributed by atoms with Gasteiger partial charge in [0.25, 0.3) is 5.91 Å². The topological polar surface area (TPSA) is 87.2 Å². The van der Waals surface area contributed by atoms with Crippen LogP contribution in [0.3, 0.4) is 0 Å². The summed E-state index contributed by atoms with van der Waals surface area (Å²) >= 11 is 8.01. The monoisotopic (exact) mass is 492 g/mol. The van der Waals surface area contributed by atoms with Crippen LogP contribution in [-0.4, -0.2) is 70.1 Å². The number of benzene rings is 1. The quantitative estimate of drug-likeness (QED) is 0.443. The van der Waals surface area contributed by atoms with E-state index in [1.807, 2.05) is 6.92 Å². The van der Waals surface area contributed by atoms with E-state index < -0.39 is 22.6 Å². The van der Waals surface area contributed by atoms with Gasteiger partial charge in [-0.2, -0.15) is 0 Å². The number of rotatable bonds is 8. The fourth-order valence-electron chi connectivity index (χ4n) is 5.91. The number of β-amino-alcohol motifs (C(OH)–C–C–N with tert-alkyl or cyclic N) is 1. The fraction of sp³-hybridized carbons (Fsp3) is 0.542. The summed E-state index contributed by atoms with van der Waals surface area (Å²) in [5, 5.41) is 10.1. The second-order valence-corrected chi connectivity index (χ2v) is 10.7. The number of anilines is 1. The predicted molar refractivity (Wildman–Crippen MR) is 128 cm³/mol. The summed E-state index contributed by atoms with van der Waals surface area (Å²) < 4.78 is 4.56. The minimum Gasteiger partial charge on any atom is -0.466 e. The summed E-state index contributed by atoms with van der Waals surface area (Å²) in [4.78, 5) is 43.8. The van der Waals surface area contributed by atoms with Gasteiger partial charge in [0.1, 0.15) is 6.04 Å². The summed E-state index contributed by atoms with van der Waals surface area (Å²) in [6, 6.07) is 6.22. The van der Waals surface area contributed by atoms with Crippen molar-refractivity contribution < 1.29 is 24.2 Å². The Kier molecular flexibility index (Phi) is 6.80. The lowest BCUT2D eigenvalue weighted by Crippen LogP contribution is -2.57. The molecule has 3 fully saturated rings. The maximum atomic E-state index is 14.2. The maximum absolute atomic E-state index is 14.2. The van der Waals surface area contributed by atoms with Crippen LogP contribution in [0.1, 0.15) is 20.3 Å². The molecule has 1 aromatic carbocycles. The Morgan fingerprint density at radius 3 is 2.79 bits per heavy atom. The molecule has 0 saturated carbocycles. The molecule has 3 aliphatic heterocycles. The molecule has 3 aliphatic rings. The van der Waals surface area contributed by atoms with Crippen LogP contribution in [0.15, 0.2) is 36.9 Å². The number of fused-ring (bicyclic) bond motifs is 1. The van der Waals surface area contributed by atoms with E-state index in [1.54, 1.807) is 53.9 Å². The van der Waals surface area contributed by atoms with Crippen LogP contribution in [0, 0.1) is 17.8 Å². The average Bonchev–Trinajstić information content (AvgIpc) is 3.37. The Morgan fingerprint density at radius 2 is 2.15 bits per heavy atom. The van der Waals surface area contributed by atoms with Crippen molar-refractivity contribution in [1.29, 1.82) is 0 Å². The molecule has 7 nitrogen and oxygen atoms in total. The zero-order chi connectivity index (χ0) is 23.9. The molecule has 6 atom stereocenters. The lowest BCUT2D eigenvalue weighted by Gasteiger charge is -2.40. The van der Waals surface area contributed by atoms with Crippen LogP contribution < -0.4 is 4.90 Å². The van der Waals surface area contributed by atoms with Gasteiger partial charge in [0.2, 0.25) is 5.91 Å². The van der Waals surface area contributed by atoms with Gasteiger partial charge in [-0.1, -0.05) is 36.7 Å². The SMILES string of the molecule is C=CCN(C(=O)C1N(CCO)C(=O)[C@@H]2[C@@H](C(=O)OCC)[C@H]3CC(C)C12S3)c1ccccc1Cl. The summed E-state index contributed by atoms with van der Waals surface area (Å²) in [7, 11) is 0. The molecule has 1 aromatic rings. The standard InChI is InChI=1S/C24H29ClN2O5S/c1-4-10-26(16-9-7-6-8-15(16)25)22(30)20-24-14(3)13-17(33-24)18(23(31)32-5-2)19(24)21(29)27(20)11-12-28/h4,6-9,14,17-20,28H,1,5,10-13H2,2-3H3/t14?,17-,18+,19+,20?,24?/m1/s1.